The maximum absolute atomic E-state index is 6.32. The second-order valence-corrected chi connectivity index (χ2v) is 11.2. The van der Waals surface area contributed by atoms with Crippen LogP contribution in [-0.2, 0) is 4.43 Å². The Balaban J connectivity index is 3.86. The van der Waals surface area contributed by atoms with Crippen molar-refractivity contribution < 1.29 is 4.43 Å². The van der Waals surface area contributed by atoms with Crippen molar-refractivity contribution in [2.75, 3.05) is 5.50 Å². The summed E-state index contributed by atoms with van der Waals surface area (Å²) in [4.78, 5) is 0. The lowest BCUT2D eigenvalue weighted by atomic mass is 10.0. The van der Waals surface area contributed by atoms with E-state index >= 15 is 0 Å². The average Bonchev–Trinajstić information content (AvgIpc) is 2.39. The zero-order valence-electron chi connectivity index (χ0n) is 13.6. The summed E-state index contributed by atoms with van der Waals surface area (Å²) in [7, 11) is -1.61. The van der Waals surface area contributed by atoms with Gasteiger partial charge < -0.3 is 4.43 Å². The summed E-state index contributed by atoms with van der Waals surface area (Å²) >= 11 is 6.03. The lowest BCUT2D eigenvalue weighted by Gasteiger charge is -2.28. The van der Waals surface area contributed by atoms with E-state index in [2.05, 4.69) is 26.9 Å². The molecule has 0 N–H and O–H groups in total. The van der Waals surface area contributed by atoms with Crippen LogP contribution in [0.5, 0.6) is 0 Å². The van der Waals surface area contributed by atoms with Crippen LogP contribution in [0.4, 0.5) is 0 Å². The third-order valence-electron chi connectivity index (χ3n) is 3.57. The van der Waals surface area contributed by atoms with Crippen LogP contribution in [0.25, 0.3) is 0 Å². The van der Waals surface area contributed by atoms with Crippen LogP contribution < -0.4 is 0 Å². The summed E-state index contributed by atoms with van der Waals surface area (Å²) in [6, 6.07) is 0. The standard InChI is InChI=1S/C16H35ClOSi/c1-5-7-9-10-11-12-14-16(13-8-6-2)18-19(3,4)15-17/h16H,5-15H2,1-4H3. The molecule has 0 aliphatic carbocycles. The predicted molar refractivity (Wildman–Crippen MR) is 90.6 cm³/mol. The van der Waals surface area contributed by atoms with Crippen LogP contribution >= 0.6 is 11.6 Å². The van der Waals surface area contributed by atoms with Gasteiger partial charge >= 0.3 is 0 Å². The fourth-order valence-corrected chi connectivity index (χ4v) is 3.72. The smallest absolute Gasteiger partial charge is 0.201 e. The highest BCUT2D eigenvalue weighted by molar-refractivity contribution is 6.77. The Morgan fingerprint density at radius 1 is 0.842 bits per heavy atom. The van der Waals surface area contributed by atoms with Crippen molar-refractivity contribution in [1.82, 2.24) is 0 Å². The molecule has 0 amide bonds. The van der Waals surface area contributed by atoms with Gasteiger partial charge in [-0.1, -0.05) is 65.2 Å². The fourth-order valence-electron chi connectivity index (χ4n) is 2.33. The third-order valence-corrected chi connectivity index (χ3v) is 7.11. The molecule has 0 bridgehead atoms. The maximum Gasteiger partial charge on any atom is 0.201 e. The van der Waals surface area contributed by atoms with Crippen LogP contribution in [0.1, 0.15) is 78.1 Å². The monoisotopic (exact) mass is 306 g/mol. The molecule has 0 aromatic carbocycles. The van der Waals surface area contributed by atoms with E-state index < -0.39 is 8.32 Å². The second kappa shape index (κ2) is 12.2. The minimum Gasteiger partial charge on any atom is -0.413 e. The first-order chi connectivity index (χ1) is 9.05. The molecule has 0 aromatic heterocycles. The first kappa shape index (κ1) is 19.5. The molecule has 0 fully saturated rings. The van der Waals surface area contributed by atoms with Gasteiger partial charge in [0, 0.05) is 11.6 Å². The minimum atomic E-state index is -1.61. The molecule has 1 nitrogen and oxygen atoms in total. The van der Waals surface area contributed by atoms with E-state index in [9.17, 15) is 0 Å². The Hall–Kier alpha value is 0.467. The molecule has 3 heteroatoms. The Morgan fingerprint density at radius 2 is 1.37 bits per heavy atom. The molecule has 1 atom stereocenters. The third kappa shape index (κ3) is 12.0. The van der Waals surface area contributed by atoms with Gasteiger partial charge in [0.05, 0.1) is 0 Å². The second-order valence-electron chi connectivity index (χ2n) is 6.33. The number of hydrogen-bond acceptors (Lipinski definition) is 1. The summed E-state index contributed by atoms with van der Waals surface area (Å²) < 4.78 is 6.32. The first-order valence-corrected chi connectivity index (χ1v) is 11.9. The van der Waals surface area contributed by atoms with Crippen LogP contribution in [-0.4, -0.2) is 19.9 Å². The average molecular weight is 307 g/mol. The molecule has 0 aromatic rings. The molecule has 0 saturated heterocycles. The maximum atomic E-state index is 6.32. The van der Waals surface area contributed by atoms with Gasteiger partial charge in [-0.25, -0.2) is 0 Å². The largest absolute Gasteiger partial charge is 0.413 e. The summed E-state index contributed by atoms with van der Waals surface area (Å²) in [5, 5.41) is 0. The summed E-state index contributed by atoms with van der Waals surface area (Å²) in [5.74, 6) is 0. The van der Waals surface area contributed by atoms with Gasteiger partial charge in [-0.05, 0) is 25.9 Å². The summed E-state index contributed by atoms with van der Waals surface area (Å²) in [5.41, 5.74) is 0.714. The number of rotatable bonds is 13. The van der Waals surface area contributed by atoms with Crippen molar-refractivity contribution in [1.29, 1.82) is 0 Å². The molecule has 19 heavy (non-hydrogen) atoms. The summed E-state index contributed by atoms with van der Waals surface area (Å²) in [6.07, 6.45) is 13.7. The van der Waals surface area contributed by atoms with E-state index in [1.165, 1.54) is 64.2 Å². The van der Waals surface area contributed by atoms with Crippen LogP contribution in [0, 0.1) is 0 Å². The van der Waals surface area contributed by atoms with Gasteiger partial charge in [0.25, 0.3) is 0 Å². The number of unbranched alkanes of at least 4 members (excludes halogenated alkanes) is 6. The number of alkyl halides is 1. The fraction of sp³-hybridized carbons (Fsp3) is 1.00. The Bertz CT molecular complexity index is 197. The van der Waals surface area contributed by atoms with E-state index in [-0.39, 0.29) is 0 Å². The Morgan fingerprint density at radius 3 is 1.95 bits per heavy atom. The van der Waals surface area contributed by atoms with E-state index in [1.807, 2.05) is 0 Å². The van der Waals surface area contributed by atoms with Gasteiger partial charge in [-0.3, -0.25) is 0 Å². The molecular weight excluding hydrogens is 272 g/mol. The molecule has 0 aliphatic rings. The van der Waals surface area contributed by atoms with Gasteiger partial charge in [-0.2, -0.15) is 0 Å². The molecule has 0 aliphatic heterocycles. The quantitative estimate of drug-likeness (QED) is 0.220. The van der Waals surface area contributed by atoms with E-state index in [4.69, 9.17) is 16.0 Å². The topological polar surface area (TPSA) is 9.23 Å². The molecule has 0 heterocycles. The Labute approximate surface area is 127 Å². The molecular formula is C16H35ClOSi. The molecule has 0 spiro atoms. The van der Waals surface area contributed by atoms with Crippen molar-refractivity contribution in [3.8, 4) is 0 Å². The van der Waals surface area contributed by atoms with Gasteiger partial charge in [0.15, 0.2) is 0 Å². The van der Waals surface area contributed by atoms with E-state index in [0.717, 1.165) is 0 Å². The van der Waals surface area contributed by atoms with Crippen molar-refractivity contribution in [3.05, 3.63) is 0 Å². The lowest BCUT2D eigenvalue weighted by molar-refractivity contribution is 0.166. The number of hydrogen-bond donors (Lipinski definition) is 0. The zero-order valence-corrected chi connectivity index (χ0v) is 15.4. The highest BCUT2D eigenvalue weighted by Gasteiger charge is 2.25. The highest BCUT2D eigenvalue weighted by atomic mass is 35.5. The predicted octanol–water partition coefficient (Wildman–Crippen LogP) is 6.30. The van der Waals surface area contributed by atoms with Crippen molar-refractivity contribution in [3.63, 3.8) is 0 Å². The minimum absolute atomic E-state index is 0.464. The van der Waals surface area contributed by atoms with E-state index in [0.29, 0.717) is 11.6 Å². The van der Waals surface area contributed by atoms with Gasteiger partial charge in [-0.15, -0.1) is 11.6 Å². The SMILES string of the molecule is CCCCCCCCC(CCCC)O[Si](C)(C)CCl. The number of halogens is 1. The van der Waals surface area contributed by atoms with Crippen LogP contribution in [0.2, 0.25) is 13.1 Å². The lowest BCUT2D eigenvalue weighted by Crippen LogP contribution is -2.38. The Kier molecular flexibility index (Phi) is 12.5. The molecule has 0 saturated carbocycles. The normalized spacial score (nSPS) is 13.7. The van der Waals surface area contributed by atoms with Gasteiger partial charge in [0.2, 0.25) is 8.32 Å². The summed E-state index contributed by atoms with van der Waals surface area (Å²) in [6.45, 7) is 9.00. The molecule has 0 radical (unpaired) electrons. The van der Waals surface area contributed by atoms with Crippen molar-refractivity contribution in [2.24, 2.45) is 0 Å². The highest BCUT2D eigenvalue weighted by Crippen LogP contribution is 2.20. The van der Waals surface area contributed by atoms with Crippen molar-refractivity contribution in [2.45, 2.75) is 97.3 Å². The van der Waals surface area contributed by atoms with E-state index in [1.54, 1.807) is 0 Å². The van der Waals surface area contributed by atoms with Crippen LogP contribution in [0.15, 0.2) is 0 Å². The van der Waals surface area contributed by atoms with Crippen LogP contribution in [0.3, 0.4) is 0 Å². The molecule has 0 rings (SSSR count). The van der Waals surface area contributed by atoms with Crippen molar-refractivity contribution >= 4 is 19.9 Å². The first-order valence-electron chi connectivity index (χ1n) is 8.29. The molecule has 116 valence electrons. The van der Waals surface area contributed by atoms with Gasteiger partial charge in [0.1, 0.15) is 0 Å². The zero-order chi connectivity index (χ0) is 14.6. The molecule has 1 unspecified atom stereocenters.